The summed E-state index contributed by atoms with van der Waals surface area (Å²) in [4.78, 5) is 22.2. The first-order chi connectivity index (χ1) is 16.3. The molecule has 8 heteroatoms. The molecule has 1 N–H and O–H groups in total. The van der Waals surface area contributed by atoms with Crippen LogP contribution >= 0.6 is 15.9 Å². The minimum atomic E-state index is -0.258. The number of carbonyl (C=O) groups excluding carboxylic acids is 1. The molecule has 4 rings (SSSR count). The lowest BCUT2D eigenvalue weighted by molar-refractivity contribution is 0.0668. The van der Waals surface area contributed by atoms with E-state index in [-0.39, 0.29) is 24.1 Å². The first-order valence-corrected chi connectivity index (χ1v) is 12.7. The normalized spacial score (nSPS) is 21.3. The predicted molar refractivity (Wildman–Crippen MR) is 133 cm³/mol. The van der Waals surface area contributed by atoms with E-state index in [1.807, 2.05) is 24.8 Å². The van der Waals surface area contributed by atoms with Gasteiger partial charge in [0.15, 0.2) is 0 Å². The van der Waals surface area contributed by atoms with Crippen molar-refractivity contribution < 1.29 is 14.6 Å². The summed E-state index contributed by atoms with van der Waals surface area (Å²) >= 11 is 3.70. The molecule has 0 aliphatic carbocycles. The average molecular weight is 527 g/mol. The summed E-state index contributed by atoms with van der Waals surface area (Å²) < 4.78 is 6.59. The molecule has 2 aromatic rings. The number of amides is 1. The van der Waals surface area contributed by atoms with E-state index in [2.05, 4.69) is 44.9 Å². The summed E-state index contributed by atoms with van der Waals surface area (Å²) in [7, 11) is 0. The van der Waals surface area contributed by atoms with Gasteiger partial charge in [-0.25, -0.2) is 0 Å². The fourth-order valence-corrected chi connectivity index (χ4v) is 5.62. The molecule has 2 aliphatic rings. The third-order valence-corrected chi connectivity index (χ3v) is 7.79. The second kappa shape index (κ2) is 10.4. The Hall–Kier alpha value is -2.47. The zero-order chi connectivity index (χ0) is 24.4. The second-order valence-corrected chi connectivity index (χ2v) is 9.92. The maximum Gasteiger partial charge on any atom is 0.254 e. The maximum absolute atomic E-state index is 13.6. The van der Waals surface area contributed by atoms with Crippen LogP contribution in [0.25, 0.3) is 0 Å². The quantitative estimate of drug-likeness (QED) is 0.588. The van der Waals surface area contributed by atoms with Crippen LogP contribution in [0.3, 0.4) is 0 Å². The zero-order valence-corrected chi connectivity index (χ0v) is 21.5. The van der Waals surface area contributed by atoms with Crippen LogP contribution in [0.4, 0.5) is 0 Å². The van der Waals surface area contributed by atoms with Crippen molar-refractivity contribution in [3.8, 4) is 11.8 Å². The molecule has 1 unspecified atom stereocenters. The summed E-state index contributed by atoms with van der Waals surface area (Å²) in [5.41, 5.74) is 3.98. The largest absolute Gasteiger partial charge is 0.492 e. The van der Waals surface area contributed by atoms with Gasteiger partial charge in [0.05, 0.1) is 24.4 Å². The number of nitrogens with zero attached hydrogens (tertiary/aromatic N) is 4. The molecule has 0 radical (unpaired) electrons. The van der Waals surface area contributed by atoms with E-state index in [9.17, 15) is 15.2 Å². The molecule has 0 saturated carbocycles. The third-order valence-electron chi connectivity index (χ3n) is 7.08. The van der Waals surface area contributed by atoms with E-state index in [1.165, 1.54) is 6.20 Å². The van der Waals surface area contributed by atoms with E-state index in [1.54, 1.807) is 6.07 Å². The van der Waals surface area contributed by atoms with Crippen molar-refractivity contribution in [2.45, 2.75) is 58.2 Å². The number of aliphatic hydroxyl groups is 1. The van der Waals surface area contributed by atoms with Crippen molar-refractivity contribution in [3.63, 3.8) is 0 Å². The number of aliphatic hydroxyl groups excluding tert-OH is 1. The molecule has 180 valence electrons. The number of ether oxygens (including phenoxy) is 1. The highest BCUT2D eigenvalue weighted by Crippen LogP contribution is 2.33. The molecule has 34 heavy (non-hydrogen) atoms. The topological polar surface area (TPSA) is 89.7 Å². The standard InChI is InChI=1S/C26H31BrN4O3/c1-4-34-25-13-23(29-15-19(25)14-28)16(2)31-10-6-20-21(26(31)33)11-18(12-22(20)27)5-8-30-9-7-24(32)17(30)3/h11-13,15-17,24,32H,4-10H2,1-3H3/t16?,17-,24-/m1/s1. The second-order valence-electron chi connectivity index (χ2n) is 9.06. The van der Waals surface area contributed by atoms with Gasteiger partial charge in [0.2, 0.25) is 0 Å². The monoisotopic (exact) mass is 526 g/mol. The lowest BCUT2D eigenvalue weighted by Gasteiger charge is -2.34. The SMILES string of the molecule is CCOc1cc(C(C)N2CCc3c(Br)cc(CCN4CC[C@@H](O)[C@H]4C)cc3C2=O)ncc1C#N. The van der Waals surface area contributed by atoms with E-state index in [0.29, 0.717) is 30.2 Å². The van der Waals surface area contributed by atoms with Crippen LogP contribution in [-0.4, -0.2) is 64.2 Å². The van der Waals surface area contributed by atoms with Gasteiger partial charge in [0, 0.05) is 48.0 Å². The molecular weight excluding hydrogens is 496 g/mol. The van der Waals surface area contributed by atoms with Gasteiger partial charge in [0.25, 0.3) is 5.91 Å². The summed E-state index contributed by atoms with van der Waals surface area (Å²) in [5, 5.41) is 19.3. The molecule has 3 heterocycles. The number of pyridine rings is 1. The van der Waals surface area contributed by atoms with Gasteiger partial charge in [-0.2, -0.15) is 5.26 Å². The van der Waals surface area contributed by atoms with Crippen molar-refractivity contribution in [1.82, 2.24) is 14.8 Å². The Morgan fingerprint density at radius 1 is 1.35 bits per heavy atom. The summed E-state index contributed by atoms with van der Waals surface area (Å²) in [6, 6.07) is 7.95. The van der Waals surface area contributed by atoms with Gasteiger partial charge in [-0.15, -0.1) is 0 Å². The van der Waals surface area contributed by atoms with Crippen LogP contribution in [0.2, 0.25) is 0 Å². The lowest BCUT2D eigenvalue weighted by atomic mass is 9.94. The van der Waals surface area contributed by atoms with E-state index in [0.717, 1.165) is 53.5 Å². The number of aromatic nitrogens is 1. The van der Waals surface area contributed by atoms with Crippen LogP contribution in [0.15, 0.2) is 28.9 Å². The van der Waals surface area contributed by atoms with Gasteiger partial charge < -0.3 is 14.7 Å². The number of rotatable bonds is 7. The van der Waals surface area contributed by atoms with Crippen LogP contribution < -0.4 is 4.74 Å². The first kappa shape index (κ1) is 24.6. The van der Waals surface area contributed by atoms with Gasteiger partial charge in [0.1, 0.15) is 17.4 Å². The number of likely N-dealkylation sites (tertiary alicyclic amines) is 1. The van der Waals surface area contributed by atoms with Gasteiger partial charge in [-0.1, -0.05) is 15.9 Å². The highest BCUT2D eigenvalue weighted by atomic mass is 79.9. The maximum atomic E-state index is 13.6. The summed E-state index contributed by atoms with van der Waals surface area (Å²) in [6.07, 6.45) is 3.65. The molecule has 1 saturated heterocycles. The Morgan fingerprint density at radius 3 is 2.82 bits per heavy atom. The highest BCUT2D eigenvalue weighted by Gasteiger charge is 2.32. The number of fused-ring (bicyclic) bond motifs is 1. The predicted octanol–water partition coefficient (Wildman–Crippen LogP) is 3.87. The fraction of sp³-hybridized carbons (Fsp3) is 0.500. The van der Waals surface area contributed by atoms with Gasteiger partial charge >= 0.3 is 0 Å². The highest BCUT2D eigenvalue weighted by molar-refractivity contribution is 9.10. The zero-order valence-electron chi connectivity index (χ0n) is 19.9. The molecule has 3 atom stereocenters. The molecule has 1 aromatic carbocycles. The van der Waals surface area contributed by atoms with Crippen molar-refractivity contribution in [3.05, 3.63) is 56.8 Å². The van der Waals surface area contributed by atoms with E-state index in [4.69, 9.17) is 4.74 Å². The molecule has 0 bridgehead atoms. The minimum absolute atomic E-state index is 0.00891. The van der Waals surface area contributed by atoms with Crippen LogP contribution in [-0.2, 0) is 12.8 Å². The molecule has 0 spiro atoms. The summed E-state index contributed by atoms with van der Waals surface area (Å²) in [5.74, 6) is 0.489. The van der Waals surface area contributed by atoms with Crippen molar-refractivity contribution >= 4 is 21.8 Å². The average Bonchev–Trinajstić information content (AvgIpc) is 3.15. The van der Waals surface area contributed by atoms with Crippen LogP contribution in [0.5, 0.6) is 5.75 Å². The van der Waals surface area contributed by atoms with E-state index < -0.39 is 0 Å². The Labute approximate surface area is 209 Å². The van der Waals surface area contributed by atoms with Crippen molar-refractivity contribution in [1.29, 1.82) is 5.26 Å². The Balaban J connectivity index is 1.54. The number of hydrogen-bond donors (Lipinski definition) is 1. The molecule has 7 nitrogen and oxygen atoms in total. The molecule has 1 amide bonds. The Bertz CT molecular complexity index is 1120. The molecule has 1 aromatic heterocycles. The number of halogens is 1. The fourth-order valence-electron chi connectivity index (χ4n) is 4.91. The number of benzene rings is 1. The smallest absolute Gasteiger partial charge is 0.254 e. The number of nitriles is 1. The van der Waals surface area contributed by atoms with E-state index >= 15 is 0 Å². The minimum Gasteiger partial charge on any atom is -0.492 e. The van der Waals surface area contributed by atoms with Gasteiger partial charge in [-0.05, 0) is 63.3 Å². The number of carbonyl (C=O) groups is 1. The molecule has 2 aliphatic heterocycles. The lowest BCUT2D eigenvalue weighted by Crippen LogP contribution is -2.40. The number of hydrogen-bond acceptors (Lipinski definition) is 6. The Kier molecular flexibility index (Phi) is 7.56. The van der Waals surface area contributed by atoms with Crippen LogP contribution in [0.1, 0.15) is 66.0 Å². The van der Waals surface area contributed by atoms with Gasteiger partial charge in [-0.3, -0.25) is 14.7 Å². The van der Waals surface area contributed by atoms with Crippen molar-refractivity contribution in [2.75, 3.05) is 26.2 Å². The molecular formula is C26H31BrN4O3. The van der Waals surface area contributed by atoms with Crippen molar-refractivity contribution in [2.24, 2.45) is 0 Å². The third kappa shape index (κ3) is 4.83. The summed E-state index contributed by atoms with van der Waals surface area (Å²) in [6.45, 7) is 8.71. The first-order valence-electron chi connectivity index (χ1n) is 11.9. The van der Waals surface area contributed by atoms with Crippen LogP contribution in [0, 0.1) is 11.3 Å². The Morgan fingerprint density at radius 2 is 2.15 bits per heavy atom. The molecule has 1 fully saturated rings.